The SMILES string of the molecule is CN=C(NC)NCC(C)(C)C(=O)NC. The van der Waals surface area contributed by atoms with Gasteiger partial charge in [0.15, 0.2) is 5.96 Å². The summed E-state index contributed by atoms with van der Waals surface area (Å²) in [4.78, 5) is 15.4. The van der Waals surface area contributed by atoms with Gasteiger partial charge in [0.1, 0.15) is 0 Å². The summed E-state index contributed by atoms with van der Waals surface area (Å²) >= 11 is 0. The second kappa shape index (κ2) is 5.47. The molecule has 0 aliphatic carbocycles. The Hall–Kier alpha value is -1.26. The molecule has 1 amide bonds. The number of carbonyl (C=O) groups excluding carboxylic acids is 1. The van der Waals surface area contributed by atoms with Crippen LogP contribution in [0.1, 0.15) is 13.8 Å². The second-order valence-electron chi connectivity index (χ2n) is 3.64. The lowest BCUT2D eigenvalue weighted by molar-refractivity contribution is -0.128. The molecule has 0 bridgehead atoms. The summed E-state index contributed by atoms with van der Waals surface area (Å²) in [6, 6.07) is 0. The monoisotopic (exact) mass is 200 g/mol. The van der Waals surface area contributed by atoms with Crippen molar-refractivity contribution in [2.45, 2.75) is 13.8 Å². The standard InChI is InChI=1S/C9H20N4O/c1-9(2,7(14)10-3)6-13-8(11-4)12-5/h6H2,1-5H3,(H,10,14)(H2,11,12,13). The van der Waals surface area contributed by atoms with E-state index in [-0.39, 0.29) is 5.91 Å². The maximum absolute atomic E-state index is 11.4. The first-order valence-electron chi connectivity index (χ1n) is 4.58. The highest BCUT2D eigenvalue weighted by molar-refractivity contribution is 5.84. The van der Waals surface area contributed by atoms with Crippen molar-refractivity contribution in [3.8, 4) is 0 Å². The average Bonchev–Trinajstić information content (AvgIpc) is 2.18. The highest BCUT2D eigenvalue weighted by Crippen LogP contribution is 2.12. The molecule has 0 fully saturated rings. The number of guanidine groups is 1. The van der Waals surface area contributed by atoms with Gasteiger partial charge in [0.05, 0.1) is 5.41 Å². The van der Waals surface area contributed by atoms with E-state index in [2.05, 4.69) is 20.9 Å². The van der Waals surface area contributed by atoms with Crippen molar-refractivity contribution < 1.29 is 4.79 Å². The van der Waals surface area contributed by atoms with Gasteiger partial charge in [-0.3, -0.25) is 9.79 Å². The van der Waals surface area contributed by atoms with Crippen LogP contribution in [0.4, 0.5) is 0 Å². The highest BCUT2D eigenvalue weighted by Gasteiger charge is 2.26. The maximum atomic E-state index is 11.4. The third-order valence-electron chi connectivity index (χ3n) is 2.00. The van der Waals surface area contributed by atoms with Gasteiger partial charge in [-0.15, -0.1) is 0 Å². The molecular weight excluding hydrogens is 180 g/mol. The molecule has 82 valence electrons. The molecule has 0 aromatic rings. The smallest absolute Gasteiger partial charge is 0.227 e. The van der Waals surface area contributed by atoms with Crippen LogP contribution in [-0.4, -0.2) is 39.6 Å². The summed E-state index contributed by atoms with van der Waals surface area (Å²) in [7, 11) is 5.10. The molecule has 0 aromatic carbocycles. The molecule has 0 aliphatic heterocycles. The number of aliphatic imine (C=N–C) groups is 1. The van der Waals surface area contributed by atoms with Gasteiger partial charge in [0.25, 0.3) is 0 Å². The Labute approximate surface area is 85.4 Å². The first-order chi connectivity index (χ1) is 6.47. The largest absolute Gasteiger partial charge is 0.359 e. The molecule has 14 heavy (non-hydrogen) atoms. The Morgan fingerprint density at radius 3 is 2.21 bits per heavy atom. The number of nitrogens with zero attached hydrogens (tertiary/aromatic N) is 1. The van der Waals surface area contributed by atoms with Gasteiger partial charge in [-0.25, -0.2) is 0 Å². The van der Waals surface area contributed by atoms with Crippen LogP contribution in [0.15, 0.2) is 4.99 Å². The zero-order valence-electron chi connectivity index (χ0n) is 9.56. The minimum Gasteiger partial charge on any atom is -0.359 e. The predicted molar refractivity (Wildman–Crippen MR) is 58.3 cm³/mol. The van der Waals surface area contributed by atoms with Crippen LogP contribution in [0, 0.1) is 5.41 Å². The summed E-state index contributed by atoms with van der Waals surface area (Å²) in [5.41, 5.74) is -0.443. The number of carbonyl (C=O) groups is 1. The molecule has 0 spiro atoms. The van der Waals surface area contributed by atoms with E-state index in [1.807, 2.05) is 13.8 Å². The van der Waals surface area contributed by atoms with E-state index in [0.717, 1.165) is 0 Å². The summed E-state index contributed by atoms with van der Waals surface area (Å²) in [5, 5.41) is 8.57. The van der Waals surface area contributed by atoms with Crippen LogP contribution in [0.3, 0.4) is 0 Å². The van der Waals surface area contributed by atoms with Gasteiger partial charge in [0.2, 0.25) is 5.91 Å². The van der Waals surface area contributed by atoms with Gasteiger partial charge in [0, 0.05) is 27.7 Å². The molecule has 0 saturated carbocycles. The lowest BCUT2D eigenvalue weighted by Gasteiger charge is -2.23. The van der Waals surface area contributed by atoms with Crippen molar-refractivity contribution in [2.24, 2.45) is 10.4 Å². The van der Waals surface area contributed by atoms with Crippen LogP contribution in [0.2, 0.25) is 0 Å². The van der Waals surface area contributed by atoms with Crippen molar-refractivity contribution >= 4 is 11.9 Å². The number of rotatable bonds is 3. The molecule has 0 rings (SSSR count). The number of amides is 1. The van der Waals surface area contributed by atoms with E-state index in [1.165, 1.54) is 0 Å². The van der Waals surface area contributed by atoms with Crippen LogP contribution < -0.4 is 16.0 Å². The Kier molecular flexibility index (Phi) is 4.97. The quantitative estimate of drug-likeness (QED) is 0.427. The van der Waals surface area contributed by atoms with E-state index in [0.29, 0.717) is 12.5 Å². The molecule has 0 radical (unpaired) electrons. The molecule has 3 N–H and O–H groups in total. The fourth-order valence-electron chi connectivity index (χ4n) is 1.00. The van der Waals surface area contributed by atoms with Gasteiger partial charge in [-0.2, -0.15) is 0 Å². The molecule has 0 atom stereocenters. The Morgan fingerprint density at radius 2 is 1.86 bits per heavy atom. The van der Waals surface area contributed by atoms with Crippen molar-refractivity contribution in [1.29, 1.82) is 0 Å². The molecule has 0 saturated heterocycles. The molecule has 0 heterocycles. The molecule has 5 heteroatoms. The lowest BCUT2D eigenvalue weighted by Crippen LogP contribution is -2.46. The molecular formula is C9H20N4O. The zero-order chi connectivity index (χ0) is 11.2. The second-order valence-corrected chi connectivity index (χ2v) is 3.64. The third-order valence-corrected chi connectivity index (χ3v) is 2.00. The van der Waals surface area contributed by atoms with Crippen molar-refractivity contribution in [3.63, 3.8) is 0 Å². The predicted octanol–water partition coefficient (Wildman–Crippen LogP) is -0.447. The van der Waals surface area contributed by atoms with Gasteiger partial charge in [-0.05, 0) is 13.8 Å². The van der Waals surface area contributed by atoms with Crippen LogP contribution in [0.25, 0.3) is 0 Å². The summed E-state index contributed by atoms with van der Waals surface area (Å²) < 4.78 is 0. The Bertz CT molecular complexity index is 223. The molecule has 0 aromatic heterocycles. The minimum absolute atomic E-state index is 0.0107. The summed E-state index contributed by atoms with van der Waals surface area (Å²) in [6.07, 6.45) is 0. The van der Waals surface area contributed by atoms with Crippen molar-refractivity contribution in [1.82, 2.24) is 16.0 Å². The lowest BCUT2D eigenvalue weighted by atomic mass is 9.92. The molecule has 0 unspecified atom stereocenters. The Balaban J connectivity index is 4.17. The van der Waals surface area contributed by atoms with Gasteiger partial charge < -0.3 is 16.0 Å². The van der Waals surface area contributed by atoms with Crippen LogP contribution in [-0.2, 0) is 4.79 Å². The minimum atomic E-state index is -0.443. The number of hydrogen-bond donors (Lipinski definition) is 3. The van der Waals surface area contributed by atoms with Crippen LogP contribution in [0.5, 0.6) is 0 Å². The zero-order valence-corrected chi connectivity index (χ0v) is 9.56. The summed E-state index contributed by atoms with van der Waals surface area (Å²) in [6.45, 7) is 4.30. The summed E-state index contributed by atoms with van der Waals surface area (Å²) in [5.74, 6) is 0.693. The maximum Gasteiger partial charge on any atom is 0.227 e. The van der Waals surface area contributed by atoms with E-state index >= 15 is 0 Å². The molecule has 0 aliphatic rings. The average molecular weight is 200 g/mol. The third kappa shape index (κ3) is 3.64. The first kappa shape index (κ1) is 12.7. The number of hydrogen-bond acceptors (Lipinski definition) is 2. The van der Waals surface area contributed by atoms with E-state index in [9.17, 15) is 4.79 Å². The van der Waals surface area contributed by atoms with Gasteiger partial charge >= 0.3 is 0 Å². The normalized spacial score (nSPS) is 12.2. The Morgan fingerprint density at radius 1 is 1.29 bits per heavy atom. The van der Waals surface area contributed by atoms with Crippen molar-refractivity contribution in [3.05, 3.63) is 0 Å². The highest BCUT2D eigenvalue weighted by atomic mass is 16.2. The van der Waals surface area contributed by atoms with E-state index < -0.39 is 5.41 Å². The first-order valence-corrected chi connectivity index (χ1v) is 4.58. The van der Waals surface area contributed by atoms with Gasteiger partial charge in [-0.1, -0.05) is 0 Å². The van der Waals surface area contributed by atoms with E-state index in [1.54, 1.807) is 21.1 Å². The number of nitrogens with one attached hydrogen (secondary N) is 3. The fourth-order valence-corrected chi connectivity index (χ4v) is 1.00. The van der Waals surface area contributed by atoms with Crippen molar-refractivity contribution in [2.75, 3.05) is 27.7 Å². The fraction of sp³-hybridized carbons (Fsp3) is 0.778. The molecule has 5 nitrogen and oxygen atoms in total. The van der Waals surface area contributed by atoms with E-state index in [4.69, 9.17) is 0 Å². The topological polar surface area (TPSA) is 65.5 Å². The van der Waals surface area contributed by atoms with Crippen LogP contribution >= 0.6 is 0 Å².